The normalized spacial score (nSPS) is 10.6. The zero-order valence-electron chi connectivity index (χ0n) is 15.8. The number of aromatic nitrogens is 3. The summed E-state index contributed by atoms with van der Waals surface area (Å²) in [6.07, 6.45) is 1.41. The highest BCUT2D eigenvalue weighted by molar-refractivity contribution is 6.31. The van der Waals surface area contributed by atoms with Crippen LogP contribution in [0.3, 0.4) is 0 Å². The van der Waals surface area contributed by atoms with Crippen LogP contribution in [-0.2, 0) is 16.1 Å². The number of rotatable bonds is 6. The van der Waals surface area contributed by atoms with Crippen molar-refractivity contribution in [2.45, 2.75) is 20.4 Å². The van der Waals surface area contributed by atoms with Crippen LogP contribution >= 0.6 is 23.2 Å². The first-order chi connectivity index (χ1) is 13.8. The van der Waals surface area contributed by atoms with Gasteiger partial charge >= 0.3 is 5.97 Å². The van der Waals surface area contributed by atoms with Gasteiger partial charge in [-0.15, -0.1) is 0 Å². The van der Waals surface area contributed by atoms with Crippen LogP contribution in [0.2, 0.25) is 10.0 Å². The molecule has 0 fully saturated rings. The summed E-state index contributed by atoms with van der Waals surface area (Å²) in [7, 11) is 0. The summed E-state index contributed by atoms with van der Waals surface area (Å²) in [5.74, 6) is -0.813. The monoisotopic (exact) mass is 432 g/mol. The van der Waals surface area contributed by atoms with E-state index in [2.05, 4.69) is 15.4 Å². The fraction of sp³-hybridized carbons (Fsp3) is 0.200. The molecule has 0 saturated heterocycles. The van der Waals surface area contributed by atoms with Gasteiger partial charge in [-0.2, -0.15) is 5.10 Å². The minimum atomic E-state index is -0.621. The first-order valence-corrected chi connectivity index (χ1v) is 9.46. The van der Waals surface area contributed by atoms with Crippen molar-refractivity contribution in [2.75, 3.05) is 11.9 Å². The van der Waals surface area contributed by atoms with Crippen LogP contribution in [0.15, 0.2) is 42.6 Å². The minimum absolute atomic E-state index is 0.315. The van der Waals surface area contributed by atoms with Gasteiger partial charge in [0, 0.05) is 11.2 Å². The van der Waals surface area contributed by atoms with Crippen molar-refractivity contribution in [2.24, 2.45) is 0 Å². The predicted octanol–water partition coefficient (Wildman–Crippen LogP) is 4.05. The molecule has 0 aliphatic carbocycles. The molecule has 1 amide bonds. The number of nitrogens with zero attached hydrogens (tertiary/aromatic N) is 3. The van der Waals surface area contributed by atoms with Crippen molar-refractivity contribution in [3.05, 3.63) is 75.2 Å². The summed E-state index contributed by atoms with van der Waals surface area (Å²) in [4.78, 5) is 28.4. The fourth-order valence-electron chi connectivity index (χ4n) is 2.77. The van der Waals surface area contributed by atoms with E-state index in [1.54, 1.807) is 36.7 Å². The Hall–Kier alpha value is -2.90. The summed E-state index contributed by atoms with van der Waals surface area (Å²) < 4.78 is 6.84. The number of hydrogen-bond acceptors (Lipinski definition) is 5. The Morgan fingerprint density at radius 1 is 1.14 bits per heavy atom. The smallest absolute Gasteiger partial charge is 0.342 e. The maximum atomic E-state index is 12.5. The predicted molar refractivity (Wildman–Crippen MR) is 110 cm³/mol. The number of nitrogens with one attached hydrogen (secondary N) is 1. The van der Waals surface area contributed by atoms with E-state index < -0.39 is 18.5 Å². The van der Waals surface area contributed by atoms with Gasteiger partial charge in [0.1, 0.15) is 11.4 Å². The van der Waals surface area contributed by atoms with E-state index in [0.717, 1.165) is 5.56 Å². The number of halogens is 2. The zero-order chi connectivity index (χ0) is 21.0. The van der Waals surface area contributed by atoms with Gasteiger partial charge < -0.3 is 10.1 Å². The topological polar surface area (TPSA) is 86.1 Å². The first-order valence-electron chi connectivity index (χ1n) is 8.71. The molecule has 1 N–H and O–H groups in total. The van der Waals surface area contributed by atoms with Crippen molar-refractivity contribution in [3.8, 4) is 0 Å². The average Bonchev–Trinajstić information content (AvgIpc) is 2.97. The number of esters is 1. The maximum Gasteiger partial charge on any atom is 0.342 e. The SMILES string of the molecule is Cc1nn(Cc2ccccc2Cl)c(C)c1C(=O)OCC(=O)Nc1ccc(Cl)cn1. The lowest BCUT2D eigenvalue weighted by Gasteiger charge is -2.08. The summed E-state index contributed by atoms with van der Waals surface area (Å²) in [5, 5.41) is 8.01. The first kappa shape index (κ1) is 20.8. The summed E-state index contributed by atoms with van der Waals surface area (Å²) in [6, 6.07) is 10.6. The number of hydrogen-bond donors (Lipinski definition) is 1. The second-order valence-electron chi connectivity index (χ2n) is 6.28. The van der Waals surface area contributed by atoms with Crippen LogP contribution in [0.4, 0.5) is 5.82 Å². The zero-order valence-corrected chi connectivity index (χ0v) is 17.3. The Balaban J connectivity index is 1.65. The quantitative estimate of drug-likeness (QED) is 0.593. The van der Waals surface area contributed by atoms with Gasteiger partial charge in [-0.1, -0.05) is 41.4 Å². The molecule has 7 nitrogen and oxygen atoms in total. The van der Waals surface area contributed by atoms with E-state index in [4.69, 9.17) is 27.9 Å². The average molecular weight is 433 g/mol. The van der Waals surface area contributed by atoms with Gasteiger partial charge in [0.2, 0.25) is 0 Å². The Morgan fingerprint density at radius 2 is 1.90 bits per heavy atom. The lowest BCUT2D eigenvalue weighted by atomic mass is 10.2. The maximum absolute atomic E-state index is 12.5. The van der Waals surface area contributed by atoms with Gasteiger partial charge in [0.25, 0.3) is 5.91 Å². The molecule has 0 aliphatic heterocycles. The Labute approximate surface area is 177 Å². The molecule has 0 spiro atoms. The van der Waals surface area contributed by atoms with E-state index in [1.165, 1.54) is 6.20 Å². The van der Waals surface area contributed by atoms with Gasteiger partial charge in [-0.25, -0.2) is 9.78 Å². The lowest BCUT2D eigenvalue weighted by Crippen LogP contribution is -2.22. The number of ether oxygens (including phenoxy) is 1. The molecule has 9 heteroatoms. The molecule has 0 unspecified atom stereocenters. The third-order valence-corrected chi connectivity index (χ3v) is 4.79. The second-order valence-corrected chi connectivity index (χ2v) is 7.12. The van der Waals surface area contributed by atoms with E-state index in [1.807, 2.05) is 18.2 Å². The molecule has 3 rings (SSSR count). The van der Waals surface area contributed by atoms with Crippen LogP contribution in [0.5, 0.6) is 0 Å². The molecule has 1 aromatic carbocycles. The molecule has 0 atom stereocenters. The largest absolute Gasteiger partial charge is 0.452 e. The molecule has 0 aliphatic rings. The third-order valence-electron chi connectivity index (χ3n) is 4.19. The molecule has 2 aromatic heterocycles. The van der Waals surface area contributed by atoms with Crippen molar-refractivity contribution >= 4 is 40.9 Å². The number of carbonyl (C=O) groups excluding carboxylic acids is 2. The second kappa shape index (κ2) is 9.07. The van der Waals surface area contributed by atoms with Gasteiger partial charge in [-0.3, -0.25) is 9.48 Å². The minimum Gasteiger partial charge on any atom is -0.452 e. The highest BCUT2D eigenvalue weighted by Gasteiger charge is 2.21. The van der Waals surface area contributed by atoms with Gasteiger partial charge in [0.15, 0.2) is 6.61 Å². The van der Waals surface area contributed by atoms with Crippen LogP contribution in [0.25, 0.3) is 0 Å². The number of anilines is 1. The fourth-order valence-corrected chi connectivity index (χ4v) is 3.07. The molecule has 2 heterocycles. The van der Waals surface area contributed by atoms with Gasteiger partial charge in [-0.05, 0) is 37.6 Å². The molecule has 29 heavy (non-hydrogen) atoms. The van der Waals surface area contributed by atoms with E-state index >= 15 is 0 Å². The number of amides is 1. The summed E-state index contributed by atoms with van der Waals surface area (Å²) >= 11 is 12.0. The molecule has 0 saturated carbocycles. The van der Waals surface area contributed by atoms with Crippen LogP contribution < -0.4 is 5.32 Å². The lowest BCUT2D eigenvalue weighted by molar-refractivity contribution is -0.119. The highest BCUT2D eigenvalue weighted by Crippen LogP contribution is 2.20. The van der Waals surface area contributed by atoms with Crippen molar-refractivity contribution < 1.29 is 14.3 Å². The number of carbonyl (C=O) groups is 2. The molecule has 3 aromatic rings. The summed E-state index contributed by atoms with van der Waals surface area (Å²) in [6.45, 7) is 3.45. The van der Waals surface area contributed by atoms with Crippen LogP contribution in [0, 0.1) is 13.8 Å². The van der Waals surface area contributed by atoms with E-state index in [-0.39, 0.29) is 0 Å². The standard InChI is InChI=1S/C20H18Cl2N4O3/c1-12-19(13(2)26(25-12)10-14-5-3-4-6-16(14)22)20(28)29-11-18(27)24-17-8-7-15(21)9-23-17/h3-9H,10-11H2,1-2H3,(H,23,24,27). The van der Waals surface area contributed by atoms with Gasteiger partial charge in [0.05, 0.1) is 23.0 Å². The number of aryl methyl sites for hydroxylation is 1. The van der Waals surface area contributed by atoms with Crippen molar-refractivity contribution in [1.82, 2.24) is 14.8 Å². The van der Waals surface area contributed by atoms with E-state index in [9.17, 15) is 9.59 Å². The third kappa shape index (κ3) is 5.13. The van der Waals surface area contributed by atoms with Crippen molar-refractivity contribution in [3.63, 3.8) is 0 Å². The molecule has 150 valence electrons. The molecule has 0 bridgehead atoms. The molecular weight excluding hydrogens is 415 g/mol. The Bertz CT molecular complexity index is 1050. The van der Waals surface area contributed by atoms with Crippen LogP contribution in [-0.4, -0.2) is 33.2 Å². The number of pyridine rings is 1. The summed E-state index contributed by atoms with van der Waals surface area (Å²) in [5.41, 5.74) is 2.36. The van der Waals surface area contributed by atoms with E-state index in [0.29, 0.717) is 39.4 Å². The molecular formula is C20H18Cl2N4O3. The molecule has 0 radical (unpaired) electrons. The number of benzene rings is 1. The van der Waals surface area contributed by atoms with Crippen molar-refractivity contribution in [1.29, 1.82) is 0 Å². The van der Waals surface area contributed by atoms with Crippen LogP contribution in [0.1, 0.15) is 27.3 Å². The Morgan fingerprint density at radius 3 is 2.59 bits per heavy atom. The highest BCUT2D eigenvalue weighted by atomic mass is 35.5. The Kier molecular flexibility index (Phi) is 6.51.